The van der Waals surface area contributed by atoms with Crippen molar-refractivity contribution < 1.29 is 24.1 Å². The molecule has 0 saturated heterocycles. The Morgan fingerprint density at radius 1 is 1.32 bits per heavy atom. The summed E-state index contributed by atoms with van der Waals surface area (Å²) in [7, 11) is 1.54. The van der Waals surface area contributed by atoms with Crippen LogP contribution in [-0.4, -0.2) is 31.4 Å². The van der Waals surface area contributed by atoms with Gasteiger partial charge in [0.05, 0.1) is 12.7 Å². The Labute approximate surface area is 111 Å². The minimum atomic E-state index is -0.891. The van der Waals surface area contributed by atoms with Crippen LogP contribution >= 0.6 is 0 Å². The van der Waals surface area contributed by atoms with Crippen LogP contribution in [-0.2, 0) is 10.2 Å². The van der Waals surface area contributed by atoms with Gasteiger partial charge in [0.2, 0.25) is 0 Å². The molecule has 2 aliphatic rings. The summed E-state index contributed by atoms with van der Waals surface area (Å²) in [5.74, 6) is 0.883. The van der Waals surface area contributed by atoms with Crippen LogP contribution in [0.5, 0.6) is 17.2 Å². The van der Waals surface area contributed by atoms with Gasteiger partial charge in [-0.05, 0) is 25.0 Å². The number of carbonyl (C=O) groups is 1. The largest absolute Gasteiger partial charge is 0.496 e. The molecule has 1 aliphatic carbocycles. The number of rotatable bonds is 3. The highest BCUT2D eigenvalue weighted by Gasteiger charge is 2.50. The van der Waals surface area contributed by atoms with Crippen LogP contribution in [0.3, 0.4) is 0 Å². The molecule has 0 spiro atoms. The van der Waals surface area contributed by atoms with Crippen molar-refractivity contribution in [3.8, 4) is 17.2 Å². The molecule has 1 aromatic rings. The van der Waals surface area contributed by atoms with E-state index in [1.165, 1.54) is 0 Å². The van der Waals surface area contributed by atoms with E-state index in [0.717, 1.165) is 6.42 Å². The molecule has 0 radical (unpaired) electrons. The SMILES string of the molecule is COc1ccc2c(c1C1(C(=O)O)CCC1)OCCO2. The second-order valence-corrected chi connectivity index (χ2v) is 4.91. The quantitative estimate of drug-likeness (QED) is 0.904. The Balaban J connectivity index is 2.20. The maximum absolute atomic E-state index is 11.7. The Kier molecular flexibility index (Phi) is 2.77. The number of ether oxygens (including phenoxy) is 3. The molecule has 1 saturated carbocycles. The monoisotopic (exact) mass is 264 g/mol. The predicted molar refractivity (Wildman–Crippen MR) is 67.1 cm³/mol. The summed E-state index contributed by atoms with van der Waals surface area (Å²) in [5.41, 5.74) is -0.261. The second kappa shape index (κ2) is 4.33. The average Bonchev–Trinajstić information content (AvgIpc) is 2.37. The Bertz CT molecular complexity index is 519. The zero-order valence-corrected chi connectivity index (χ0v) is 10.8. The molecule has 0 bridgehead atoms. The van der Waals surface area contributed by atoms with Crippen LogP contribution in [0.1, 0.15) is 24.8 Å². The van der Waals surface area contributed by atoms with E-state index in [9.17, 15) is 9.90 Å². The third-order valence-corrected chi connectivity index (χ3v) is 3.99. The molecule has 5 nitrogen and oxygen atoms in total. The highest BCUT2D eigenvalue weighted by atomic mass is 16.6. The summed E-state index contributed by atoms with van der Waals surface area (Å²) in [6, 6.07) is 3.52. The molecule has 1 aromatic carbocycles. The minimum Gasteiger partial charge on any atom is -0.496 e. The number of aliphatic carboxylic acids is 1. The lowest BCUT2D eigenvalue weighted by molar-refractivity contribution is -0.147. The first kappa shape index (κ1) is 12.1. The Hall–Kier alpha value is -1.91. The lowest BCUT2D eigenvalue weighted by atomic mass is 9.64. The first-order valence-electron chi connectivity index (χ1n) is 6.39. The van der Waals surface area contributed by atoms with Gasteiger partial charge in [0.15, 0.2) is 11.5 Å². The molecule has 1 N–H and O–H groups in total. The fourth-order valence-corrected chi connectivity index (χ4v) is 2.82. The van der Waals surface area contributed by atoms with E-state index in [1.54, 1.807) is 19.2 Å². The van der Waals surface area contributed by atoms with Gasteiger partial charge in [-0.3, -0.25) is 4.79 Å². The third-order valence-electron chi connectivity index (χ3n) is 3.99. The van der Waals surface area contributed by atoms with Gasteiger partial charge in [-0.2, -0.15) is 0 Å². The molecular weight excluding hydrogens is 248 g/mol. The second-order valence-electron chi connectivity index (χ2n) is 4.91. The molecule has 0 amide bonds. The topological polar surface area (TPSA) is 65.0 Å². The molecule has 102 valence electrons. The van der Waals surface area contributed by atoms with Crippen LogP contribution in [0.15, 0.2) is 12.1 Å². The van der Waals surface area contributed by atoms with E-state index >= 15 is 0 Å². The van der Waals surface area contributed by atoms with Crippen molar-refractivity contribution >= 4 is 5.97 Å². The van der Waals surface area contributed by atoms with E-state index in [-0.39, 0.29) is 0 Å². The molecule has 19 heavy (non-hydrogen) atoms. The van der Waals surface area contributed by atoms with E-state index in [2.05, 4.69) is 0 Å². The maximum atomic E-state index is 11.7. The number of carboxylic acid groups (broad SMARTS) is 1. The van der Waals surface area contributed by atoms with Crippen LogP contribution < -0.4 is 14.2 Å². The number of hydrogen-bond donors (Lipinski definition) is 1. The van der Waals surface area contributed by atoms with Gasteiger partial charge < -0.3 is 19.3 Å². The summed E-state index contributed by atoms with van der Waals surface area (Å²) in [6.45, 7) is 0.918. The zero-order valence-electron chi connectivity index (χ0n) is 10.8. The number of fused-ring (bicyclic) bond motifs is 1. The maximum Gasteiger partial charge on any atom is 0.314 e. The summed E-state index contributed by atoms with van der Waals surface area (Å²) >= 11 is 0. The van der Waals surface area contributed by atoms with Crippen LogP contribution in [0.4, 0.5) is 0 Å². The van der Waals surface area contributed by atoms with Crippen LogP contribution in [0.25, 0.3) is 0 Å². The number of hydrogen-bond acceptors (Lipinski definition) is 4. The zero-order chi connectivity index (χ0) is 13.5. The average molecular weight is 264 g/mol. The predicted octanol–water partition coefficient (Wildman–Crippen LogP) is 1.97. The van der Waals surface area contributed by atoms with Crippen molar-refractivity contribution in [3.05, 3.63) is 17.7 Å². The van der Waals surface area contributed by atoms with Gasteiger partial charge >= 0.3 is 5.97 Å². The Morgan fingerprint density at radius 3 is 2.63 bits per heavy atom. The molecule has 0 atom stereocenters. The first-order valence-corrected chi connectivity index (χ1v) is 6.39. The molecule has 5 heteroatoms. The number of methoxy groups -OCH3 is 1. The highest BCUT2D eigenvalue weighted by molar-refractivity contribution is 5.85. The normalized spacial score (nSPS) is 19.4. The van der Waals surface area contributed by atoms with Gasteiger partial charge in [0.25, 0.3) is 0 Å². The van der Waals surface area contributed by atoms with Crippen molar-refractivity contribution in [2.75, 3.05) is 20.3 Å². The fraction of sp³-hybridized carbons (Fsp3) is 0.500. The number of benzene rings is 1. The van der Waals surface area contributed by atoms with Gasteiger partial charge in [0, 0.05) is 0 Å². The van der Waals surface area contributed by atoms with E-state index in [1.807, 2.05) is 0 Å². The van der Waals surface area contributed by atoms with Crippen molar-refractivity contribution in [2.24, 2.45) is 0 Å². The summed E-state index contributed by atoms with van der Waals surface area (Å²) in [4.78, 5) is 11.7. The van der Waals surface area contributed by atoms with Crippen LogP contribution in [0.2, 0.25) is 0 Å². The molecular formula is C14H16O5. The van der Waals surface area contributed by atoms with Crippen molar-refractivity contribution in [1.82, 2.24) is 0 Å². The van der Waals surface area contributed by atoms with E-state index in [0.29, 0.717) is 48.9 Å². The molecule has 1 heterocycles. The van der Waals surface area contributed by atoms with Crippen molar-refractivity contribution in [3.63, 3.8) is 0 Å². The van der Waals surface area contributed by atoms with Gasteiger partial charge in [-0.1, -0.05) is 6.42 Å². The lowest BCUT2D eigenvalue weighted by Gasteiger charge is -2.40. The summed E-state index contributed by atoms with van der Waals surface area (Å²) in [5, 5.41) is 9.61. The van der Waals surface area contributed by atoms with E-state index in [4.69, 9.17) is 14.2 Å². The fourth-order valence-electron chi connectivity index (χ4n) is 2.82. The molecule has 1 aliphatic heterocycles. The number of carboxylic acids is 1. The Morgan fingerprint density at radius 2 is 2.05 bits per heavy atom. The van der Waals surface area contributed by atoms with E-state index < -0.39 is 11.4 Å². The lowest BCUT2D eigenvalue weighted by Crippen LogP contribution is -2.43. The van der Waals surface area contributed by atoms with Gasteiger partial charge in [-0.25, -0.2) is 0 Å². The minimum absolute atomic E-state index is 0.433. The van der Waals surface area contributed by atoms with Crippen LogP contribution in [0, 0.1) is 0 Å². The molecule has 0 aromatic heterocycles. The van der Waals surface area contributed by atoms with Crippen molar-refractivity contribution in [1.29, 1.82) is 0 Å². The first-order chi connectivity index (χ1) is 9.19. The van der Waals surface area contributed by atoms with Crippen molar-refractivity contribution in [2.45, 2.75) is 24.7 Å². The standard InChI is InChI=1S/C14H16O5/c1-17-9-3-4-10-12(19-8-7-18-10)11(9)14(13(15)16)5-2-6-14/h3-4H,2,5-8H2,1H3,(H,15,16). The summed E-state index contributed by atoms with van der Waals surface area (Å²) < 4.78 is 16.5. The third kappa shape index (κ3) is 1.64. The molecule has 3 rings (SSSR count). The van der Waals surface area contributed by atoms with Gasteiger partial charge in [-0.15, -0.1) is 0 Å². The van der Waals surface area contributed by atoms with Gasteiger partial charge in [0.1, 0.15) is 24.4 Å². The molecule has 1 fully saturated rings. The summed E-state index contributed by atoms with van der Waals surface area (Å²) in [6.07, 6.45) is 2.12. The smallest absolute Gasteiger partial charge is 0.314 e. The molecule has 0 unspecified atom stereocenters. The highest BCUT2D eigenvalue weighted by Crippen LogP contribution is 2.54.